The maximum Gasteiger partial charge on any atom is 0.410 e. The molecule has 0 atom stereocenters. The van der Waals surface area contributed by atoms with Crippen molar-refractivity contribution in [1.29, 1.82) is 0 Å². The number of ether oxygens (including phenoxy) is 2. The third kappa shape index (κ3) is 5.41. The van der Waals surface area contributed by atoms with Crippen molar-refractivity contribution in [3.63, 3.8) is 0 Å². The van der Waals surface area contributed by atoms with E-state index in [0.717, 1.165) is 18.5 Å². The first-order valence-corrected chi connectivity index (χ1v) is 9.88. The van der Waals surface area contributed by atoms with Crippen LogP contribution in [0, 0.1) is 5.92 Å². The van der Waals surface area contributed by atoms with E-state index in [1.54, 1.807) is 4.90 Å². The van der Waals surface area contributed by atoms with Gasteiger partial charge in [0.2, 0.25) is 0 Å². The van der Waals surface area contributed by atoms with Gasteiger partial charge >= 0.3 is 6.09 Å². The number of piperidine rings is 1. The number of carbonyl (C=O) groups is 1. The molecule has 2 aliphatic heterocycles. The van der Waals surface area contributed by atoms with Crippen molar-refractivity contribution in [3.05, 3.63) is 23.2 Å². The molecule has 5 nitrogen and oxygen atoms in total. The molecule has 0 bridgehead atoms. The number of likely N-dealkylation sites (tertiary alicyclic amines) is 1. The molecule has 1 amide bonds. The SMILES string of the molecule is CC(C)(C)OC(=O)N1CCC(COc2ccc(N3CC(F)C3)cc2Cl)CC1. The molecular weight excluding hydrogens is 371 g/mol. The number of amides is 1. The highest BCUT2D eigenvalue weighted by atomic mass is 35.5. The van der Waals surface area contributed by atoms with Crippen LogP contribution in [-0.2, 0) is 4.74 Å². The Morgan fingerprint density at radius 2 is 1.93 bits per heavy atom. The quantitative estimate of drug-likeness (QED) is 0.747. The maximum atomic E-state index is 13.0. The van der Waals surface area contributed by atoms with Crippen molar-refractivity contribution in [3.8, 4) is 5.75 Å². The van der Waals surface area contributed by atoms with Crippen LogP contribution in [0.5, 0.6) is 5.75 Å². The lowest BCUT2D eigenvalue weighted by atomic mass is 9.98. The van der Waals surface area contributed by atoms with Gasteiger partial charge in [0.15, 0.2) is 0 Å². The summed E-state index contributed by atoms with van der Waals surface area (Å²) in [6.45, 7) is 8.39. The van der Waals surface area contributed by atoms with Gasteiger partial charge in [-0.2, -0.15) is 0 Å². The van der Waals surface area contributed by atoms with Crippen LogP contribution in [0.25, 0.3) is 0 Å². The Labute approximate surface area is 165 Å². The van der Waals surface area contributed by atoms with Crippen LogP contribution in [-0.4, -0.2) is 55.6 Å². The van der Waals surface area contributed by atoms with Crippen molar-refractivity contribution in [2.24, 2.45) is 5.92 Å². The van der Waals surface area contributed by atoms with Crippen molar-refractivity contribution in [2.75, 3.05) is 37.7 Å². The molecule has 2 heterocycles. The predicted molar refractivity (Wildman–Crippen MR) is 105 cm³/mol. The van der Waals surface area contributed by atoms with E-state index < -0.39 is 11.8 Å². The number of rotatable bonds is 4. The van der Waals surface area contributed by atoms with E-state index in [-0.39, 0.29) is 6.09 Å². The van der Waals surface area contributed by atoms with E-state index in [0.29, 0.717) is 49.5 Å². The van der Waals surface area contributed by atoms with Crippen LogP contribution in [0.3, 0.4) is 0 Å². The van der Waals surface area contributed by atoms with Gasteiger partial charge < -0.3 is 19.3 Å². The zero-order chi connectivity index (χ0) is 19.6. The van der Waals surface area contributed by atoms with Crippen LogP contribution < -0.4 is 9.64 Å². The van der Waals surface area contributed by atoms with Crippen molar-refractivity contribution in [2.45, 2.75) is 45.4 Å². The van der Waals surface area contributed by atoms with Crippen LogP contribution in [0.4, 0.5) is 14.9 Å². The Hall–Kier alpha value is -1.69. The fourth-order valence-corrected chi connectivity index (χ4v) is 3.48. The molecule has 0 N–H and O–H groups in total. The normalized spacial score (nSPS) is 19.0. The highest BCUT2D eigenvalue weighted by Crippen LogP contribution is 2.32. The van der Waals surface area contributed by atoms with Crippen LogP contribution in [0.15, 0.2) is 18.2 Å². The largest absolute Gasteiger partial charge is 0.492 e. The monoisotopic (exact) mass is 398 g/mol. The van der Waals surface area contributed by atoms with Gasteiger partial charge in [-0.3, -0.25) is 0 Å². The summed E-state index contributed by atoms with van der Waals surface area (Å²) in [5, 5.41) is 0.543. The third-order valence-electron chi connectivity index (χ3n) is 4.86. The summed E-state index contributed by atoms with van der Waals surface area (Å²) in [4.78, 5) is 15.8. The number of benzene rings is 1. The Morgan fingerprint density at radius 3 is 2.48 bits per heavy atom. The van der Waals surface area contributed by atoms with E-state index in [2.05, 4.69) is 0 Å². The molecule has 27 heavy (non-hydrogen) atoms. The van der Waals surface area contributed by atoms with E-state index in [4.69, 9.17) is 21.1 Å². The zero-order valence-corrected chi connectivity index (χ0v) is 17.0. The van der Waals surface area contributed by atoms with Gasteiger partial charge in [0.05, 0.1) is 24.7 Å². The number of hydrogen-bond acceptors (Lipinski definition) is 4. The molecule has 7 heteroatoms. The molecule has 0 spiro atoms. The standard InChI is InChI=1S/C20H28ClFN2O3/c1-20(2,3)27-19(25)23-8-6-14(7-9-23)13-26-18-5-4-16(10-17(18)21)24-11-15(22)12-24/h4-5,10,14-15H,6-9,11-13H2,1-3H3. The van der Waals surface area contributed by atoms with Gasteiger partial charge in [-0.25, -0.2) is 9.18 Å². The van der Waals surface area contributed by atoms with Crippen LogP contribution in [0.1, 0.15) is 33.6 Å². The molecule has 3 rings (SSSR count). The fourth-order valence-electron chi connectivity index (χ4n) is 3.26. The first-order valence-electron chi connectivity index (χ1n) is 9.50. The summed E-state index contributed by atoms with van der Waals surface area (Å²) >= 11 is 6.32. The van der Waals surface area contributed by atoms with Gasteiger partial charge in [-0.15, -0.1) is 0 Å². The number of hydrogen-bond donors (Lipinski definition) is 0. The van der Waals surface area contributed by atoms with Crippen molar-refractivity contribution >= 4 is 23.4 Å². The van der Waals surface area contributed by atoms with E-state index in [1.807, 2.05) is 43.9 Å². The molecule has 0 saturated carbocycles. The molecule has 2 saturated heterocycles. The summed E-state index contributed by atoms with van der Waals surface area (Å²) < 4.78 is 24.3. The van der Waals surface area contributed by atoms with Gasteiger partial charge in [-0.1, -0.05) is 11.6 Å². The second-order valence-corrected chi connectivity index (χ2v) is 8.75. The molecule has 0 radical (unpaired) electrons. The molecule has 1 aromatic carbocycles. The summed E-state index contributed by atoms with van der Waals surface area (Å²) in [5.41, 5.74) is 0.452. The Morgan fingerprint density at radius 1 is 1.26 bits per heavy atom. The fraction of sp³-hybridized carbons (Fsp3) is 0.650. The van der Waals surface area contributed by atoms with Crippen LogP contribution >= 0.6 is 11.6 Å². The summed E-state index contributed by atoms with van der Waals surface area (Å²) in [6.07, 6.45) is 0.759. The molecule has 0 aromatic heterocycles. The predicted octanol–water partition coefficient (Wildman–Crippen LogP) is 4.52. The van der Waals surface area contributed by atoms with E-state index in [9.17, 15) is 9.18 Å². The third-order valence-corrected chi connectivity index (χ3v) is 5.15. The molecule has 1 aromatic rings. The second-order valence-electron chi connectivity index (χ2n) is 8.34. The molecule has 150 valence electrons. The van der Waals surface area contributed by atoms with Crippen molar-refractivity contribution < 1.29 is 18.7 Å². The smallest absolute Gasteiger partial charge is 0.410 e. The Kier molecular flexibility index (Phi) is 6.04. The molecule has 0 aliphatic carbocycles. The average molecular weight is 399 g/mol. The number of anilines is 1. The summed E-state index contributed by atoms with van der Waals surface area (Å²) in [6, 6.07) is 5.59. The van der Waals surface area contributed by atoms with E-state index >= 15 is 0 Å². The lowest BCUT2D eigenvalue weighted by Crippen LogP contribution is -2.48. The zero-order valence-electron chi connectivity index (χ0n) is 16.2. The number of nitrogens with zero attached hydrogens (tertiary/aromatic N) is 2. The number of alkyl halides is 1. The van der Waals surface area contributed by atoms with Crippen LogP contribution in [0.2, 0.25) is 5.02 Å². The second kappa shape index (κ2) is 8.13. The minimum atomic E-state index is -0.744. The Balaban J connectivity index is 1.44. The minimum Gasteiger partial charge on any atom is -0.492 e. The Bertz CT molecular complexity index is 666. The number of carbonyl (C=O) groups excluding carboxylic acids is 1. The topological polar surface area (TPSA) is 42.0 Å². The lowest BCUT2D eigenvalue weighted by Gasteiger charge is -2.36. The summed E-state index contributed by atoms with van der Waals surface area (Å²) in [5.74, 6) is 1.02. The highest BCUT2D eigenvalue weighted by molar-refractivity contribution is 6.32. The minimum absolute atomic E-state index is 0.248. The summed E-state index contributed by atoms with van der Waals surface area (Å²) in [7, 11) is 0. The molecule has 0 unspecified atom stereocenters. The van der Waals surface area contributed by atoms with Crippen molar-refractivity contribution in [1.82, 2.24) is 4.90 Å². The maximum absolute atomic E-state index is 13.0. The first kappa shape index (κ1) is 20.1. The van der Waals surface area contributed by atoms with Gasteiger partial charge in [0.25, 0.3) is 0 Å². The first-order chi connectivity index (χ1) is 12.7. The van der Waals surface area contributed by atoms with Gasteiger partial charge in [-0.05, 0) is 57.7 Å². The lowest BCUT2D eigenvalue weighted by molar-refractivity contribution is 0.0165. The molecule has 2 aliphatic rings. The van der Waals surface area contributed by atoms with E-state index in [1.165, 1.54) is 0 Å². The highest BCUT2D eigenvalue weighted by Gasteiger charge is 2.28. The average Bonchev–Trinajstić information content (AvgIpc) is 2.57. The van der Waals surface area contributed by atoms with Gasteiger partial charge in [0.1, 0.15) is 17.5 Å². The molecule has 2 fully saturated rings. The number of halogens is 2. The molecular formula is C20H28ClFN2O3. The van der Waals surface area contributed by atoms with Gasteiger partial charge in [0, 0.05) is 18.8 Å².